The second kappa shape index (κ2) is 4.00. The molecule has 0 heterocycles. The molecule has 0 spiro atoms. The van der Waals surface area contributed by atoms with Crippen molar-refractivity contribution >= 4 is 6.08 Å². The lowest BCUT2D eigenvalue weighted by Crippen LogP contribution is -2.53. The lowest BCUT2D eigenvalue weighted by molar-refractivity contribution is -0.252. The molecule has 2 atom stereocenters. The quantitative estimate of drug-likeness (QED) is 0.524. The summed E-state index contributed by atoms with van der Waals surface area (Å²) in [6.07, 6.45) is 1.01. The van der Waals surface area contributed by atoms with Crippen molar-refractivity contribution in [3.63, 3.8) is 0 Å². The fraction of sp³-hybridized carbons (Fsp3) is 0.444. The highest BCUT2D eigenvalue weighted by Crippen LogP contribution is 2.40. The van der Waals surface area contributed by atoms with Gasteiger partial charge in [0.1, 0.15) is 6.04 Å². The van der Waals surface area contributed by atoms with E-state index >= 15 is 0 Å². The maximum absolute atomic E-state index is 12.8. The Labute approximate surface area is 83.9 Å². The fourth-order valence-corrected chi connectivity index (χ4v) is 1.37. The average molecular weight is 219 g/mol. The van der Waals surface area contributed by atoms with Gasteiger partial charge >= 0.3 is 6.18 Å². The molecule has 1 aliphatic rings. The molecule has 15 heavy (non-hydrogen) atoms. The summed E-state index contributed by atoms with van der Waals surface area (Å²) in [4.78, 5) is 13.1. The zero-order chi connectivity index (χ0) is 11.5. The number of isocyanates is 1. The number of allylic oxidation sites excluding steroid dienone is 2. The molecule has 0 aromatic heterocycles. The zero-order valence-electron chi connectivity index (χ0n) is 7.78. The van der Waals surface area contributed by atoms with Crippen LogP contribution < -0.4 is 0 Å². The lowest BCUT2D eigenvalue weighted by Gasteiger charge is -2.35. The van der Waals surface area contributed by atoms with Crippen LogP contribution in [-0.4, -0.2) is 31.0 Å². The molecule has 0 aliphatic heterocycles. The molecule has 82 valence electrons. The number of methoxy groups -OCH3 is 1. The van der Waals surface area contributed by atoms with Crippen molar-refractivity contribution in [3.8, 4) is 0 Å². The summed E-state index contributed by atoms with van der Waals surface area (Å²) in [5, 5.41) is 0. The van der Waals surface area contributed by atoms with Crippen LogP contribution in [0.1, 0.15) is 0 Å². The molecule has 0 N–H and O–H groups in total. The molecule has 3 nitrogen and oxygen atoms in total. The van der Waals surface area contributed by atoms with Crippen molar-refractivity contribution < 1.29 is 22.7 Å². The predicted molar refractivity (Wildman–Crippen MR) is 46.0 cm³/mol. The molecule has 0 aromatic rings. The molecule has 2 unspecified atom stereocenters. The third kappa shape index (κ3) is 1.86. The Balaban J connectivity index is 3.21. The molecule has 0 radical (unpaired) electrons. The molecular formula is C9H8F3NO2. The van der Waals surface area contributed by atoms with Crippen LogP contribution in [0.5, 0.6) is 0 Å². The van der Waals surface area contributed by atoms with Crippen LogP contribution in [0.2, 0.25) is 0 Å². The topological polar surface area (TPSA) is 38.7 Å². The van der Waals surface area contributed by atoms with E-state index in [1.54, 1.807) is 0 Å². The Bertz CT molecular complexity index is 342. The number of ether oxygens (including phenoxy) is 1. The van der Waals surface area contributed by atoms with Gasteiger partial charge in [0.15, 0.2) is 0 Å². The summed E-state index contributed by atoms with van der Waals surface area (Å²) < 4.78 is 42.8. The largest absolute Gasteiger partial charge is 0.423 e. The third-order valence-electron chi connectivity index (χ3n) is 2.16. The van der Waals surface area contributed by atoms with Gasteiger partial charge in [-0.1, -0.05) is 18.2 Å². The van der Waals surface area contributed by atoms with Crippen molar-refractivity contribution in [3.05, 3.63) is 24.3 Å². The minimum absolute atomic E-state index is 0.832. The van der Waals surface area contributed by atoms with Crippen molar-refractivity contribution in [1.29, 1.82) is 0 Å². The molecule has 6 heteroatoms. The Morgan fingerprint density at radius 1 is 1.47 bits per heavy atom. The second-order valence-electron chi connectivity index (χ2n) is 2.90. The number of halogens is 3. The van der Waals surface area contributed by atoms with E-state index in [1.807, 2.05) is 0 Å². The van der Waals surface area contributed by atoms with Crippen LogP contribution in [-0.2, 0) is 9.53 Å². The summed E-state index contributed by atoms with van der Waals surface area (Å²) in [5.41, 5.74) is -2.57. The number of alkyl halides is 3. The van der Waals surface area contributed by atoms with Gasteiger partial charge in [-0.2, -0.15) is 18.2 Å². The van der Waals surface area contributed by atoms with Gasteiger partial charge < -0.3 is 4.74 Å². The lowest BCUT2D eigenvalue weighted by atomic mass is 9.89. The van der Waals surface area contributed by atoms with Crippen molar-refractivity contribution in [2.24, 2.45) is 4.99 Å². The molecule has 0 aromatic carbocycles. The van der Waals surface area contributed by atoms with Crippen LogP contribution >= 0.6 is 0 Å². The number of carbonyl (C=O) groups excluding carboxylic acids is 1. The number of hydrogen-bond donors (Lipinski definition) is 0. The fourth-order valence-electron chi connectivity index (χ4n) is 1.37. The zero-order valence-corrected chi connectivity index (χ0v) is 7.78. The summed E-state index contributed by atoms with van der Waals surface area (Å²) in [5.74, 6) is 0. The molecule has 1 aliphatic carbocycles. The van der Waals surface area contributed by atoms with Crippen LogP contribution in [0, 0.1) is 0 Å². The number of aliphatic imine (C=N–C) groups is 1. The highest BCUT2D eigenvalue weighted by molar-refractivity contribution is 5.38. The maximum Gasteiger partial charge on any atom is 0.423 e. The van der Waals surface area contributed by atoms with Gasteiger partial charge in [-0.3, -0.25) is 0 Å². The van der Waals surface area contributed by atoms with E-state index in [0.717, 1.165) is 25.3 Å². The van der Waals surface area contributed by atoms with Gasteiger partial charge in [0.05, 0.1) is 0 Å². The Hall–Kier alpha value is -1.39. The first kappa shape index (κ1) is 11.7. The van der Waals surface area contributed by atoms with Gasteiger partial charge in [-0.05, 0) is 6.08 Å². The van der Waals surface area contributed by atoms with E-state index in [0.29, 0.717) is 0 Å². The molecule has 1 rings (SSSR count). The highest BCUT2D eigenvalue weighted by Gasteiger charge is 2.59. The SMILES string of the molecule is COC1(C(F)(F)F)C=CC=CC1N=C=O. The first-order valence-electron chi connectivity index (χ1n) is 4.03. The second-order valence-corrected chi connectivity index (χ2v) is 2.90. The first-order valence-corrected chi connectivity index (χ1v) is 4.03. The smallest absolute Gasteiger partial charge is 0.363 e. The van der Waals surface area contributed by atoms with Crippen molar-refractivity contribution in [2.45, 2.75) is 17.8 Å². The van der Waals surface area contributed by atoms with Gasteiger partial charge in [0, 0.05) is 7.11 Å². The Kier molecular flexibility index (Phi) is 3.12. The molecular weight excluding hydrogens is 211 g/mol. The maximum atomic E-state index is 12.8. The van der Waals surface area contributed by atoms with E-state index < -0.39 is 17.8 Å². The molecule has 0 saturated carbocycles. The standard InChI is InChI=1S/C9H8F3NO2/c1-15-8(9(10,11)12)5-3-2-4-7(8)13-6-14/h2-5,7H,1H3. The Morgan fingerprint density at radius 2 is 2.13 bits per heavy atom. The number of rotatable bonds is 2. The minimum Gasteiger partial charge on any atom is -0.363 e. The summed E-state index contributed by atoms with van der Waals surface area (Å²) in [6, 6.07) is -1.43. The van der Waals surface area contributed by atoms with E-state index in [4.69, 9.17) is 0 Å². The summed E-state index contributed by atoms with van der Waals surface area (Å²) >= 11 is 0. The van der Waals surface area contributed by atoms with Crippen LogP contribution in [0.4, 0.5) is 13.2 Å². The van der Waals surface area contributed by atoms with Crippen LogP contribution in [0.3, 0.4) is 0 Å². The van der Waals surface area contributed by atoms with Gasteiger partial charge in [0.2, 0.25) is 11.7 Å². The number of hydrogen-bond acceptors (Lipinski definition) is 3. The first-order chi connectivity index (χ1) is 6.98. The van der Waals surface area contributed by atoms with Crippen LogP contribution in [0.25, 0.3) is 0 Å². The number of nitrogens with zero attached hydrogens (tertiary/aromatic N) is 1. The van der Waals surface area contributed by atoms with Gasteiger partial charge in [0.25, 0.3) is 0 Å². The van der Waals surface area contributed by atoms with E-state index in [2.05, 4.69) is 9.73 Å². The molecule has 0 bridgehead atoms. The predicted octanol–water partition coefficient (Wildman–Crippen LogP) is 1.76. The monoisotopic (exact) mass is 219 g/mol. The van der Waals surface area contributed by atoms with E-state index in [-0.39, 0.29) is 0 Å². The van der Waals surface area contributed by atoms with E-state index in [1.165, 1.54) is 12.2 Å². The van der Waals surface area contributed by atoms with Crippen molar-refractivity contribution in [1.82, 2.24) is 0 Å². The van der Waals surface area contributed by atoms with Gasteiger partial charge in [-0.15, -0.1) is 0 Å². The van der Waals surface area contributed by atoms with Gasteiger partial charge in [-0.25, -0.2) is 4.79 Å². The average Bonchev–Trinajstić information content (AvgIpc) is 2.17. The molecule has 0 amide bonds. The molecule has 0 fully saturated rings. The normalized spacial score (nSPS) is 30.0. The van der Waals surface area contributed by atoms with Crippen molar-refractivity contribution in [2.75, 3.05) is 7.11 Å². The van der Waals surface area contributed by atoms with E-state index in [9.17, 15) is 18.0 Å². The summed E-state index contributed by atoms with van der Waals surface area (Å²) in [6.45, 7) is 0. The minimum atomic E-state index is -4.64. The Morgan fingerprint density at radius 3 is 2.60 bits per heavy atom. The molecule has 0 saturated heterocycles. The summed E-state index contributed by atoms with van der Waals surface area (Å²) in [7, 11) is 0.921. The highest BCUT2D eigenvalue weighted by atomic mass is 19.4. The third-order valence-corrected chi connectivity index (χ3v) is 2.16. The van der Waals surface area contributed by atoms with Crippen LogP contribution in [0.15, 0.2) is 29.3 Å².